The van der Waals surface area contributed by atoms with Gasteiger partial charge in [-0.2, -0.15) is 0 Å². The molecule has 2 aliphatic heterocycles. The van der Waals surface area contributed by atoms with E-state index >= 15 is 0 Å². The van der Waals surface area contributed by atoms with Gasteiger partial charge in [0.25, 0.3) is 0 Å². The molecule has 3 unspecified atom stereocenters. The Morgan fingerprint density at radius 3 is 1.86 bits per heavy atom. The Labute approximate surface area is 412 Å². The highest BCUT2D eigenvalue weighted by Gasteiger charge is 2.42. The molecule has 5 atom stereocenters. The number of nitrogens with zero attached hydrogens (tertiary/aromatic N) is 2. The van der Waals surface area contributed by atoms with E-state index in [0.717, 1.165) is 19.3 Å². The highest BCUT2D eigenvalue weighted by atomic mass is 15.2. The molecular formula is C68H56N2. The van der Waals surface area contributed by atoms with Crippen molar-refractivity contribution < 1.29 is 0 Å². The van der Waals surface area contributed by atoms with Crippen LogP contribution in [0, 0.1) is 31.6 Å². The van der Waals surface area contributed by atoms with Crippen LogP contribution in [0.2, 0.25) is 0 Å². The fourth-order valence-corrected chi connectivity index (χ4v) is 13.3. The number of allylic oxidation sites excluding steroid dienone is 10. The van der Waals surface area contributed by atoms with Crippen molar-refractivity contribution >= 4 is 55.8 Å². The maximum absolute atomic E-state index is 2.78. The van der Waals surface area contributed by atoms with Gasteiger partial charge in [-0.15, -0.1) is 0 Å². The summed E-state index contributed by atoms with van der Waals surface area (Å²) in [5.41, 5.74) is 23.9. The normalized spacial score (nSPS) is 21.8. The van der Waals surface area contributed by atoms with Crippen molar-refractivity contribution in [3.05, 3.63) is 250 Å². The monoisotopic (exact) mass is 900 g/mol. The third kappa shape index (κ3) is 6.25. The van der Waals surface area contributed by atoms with Gasteiger partial charge >= 0.3 is 0 Å². The third-order valence-corrected chi connectivity index (χ3v) is 16.7. The van der Waals surface area contributed by atoms with Gasteiger partial charge in [-0.25, -0.2) is 0 Å². The summed E-state index contributed by atoms with van der Waals surface area (Å²) in [5.74, 6) is 1.28. The van der Waals surface area contributed by atoms with Gasteiger partial charge in [0.15, 0.2) is 0 Å². The van der Waals surface area contributed by atoms with Crippen molar-refractivity contribution in [3.63, 3.8) is 0 Å². The van der Waals surface area contributed by atoms with E-state index in [4.69, 9.17) is 0 Å². The van der Waals surface area contributed by atoms with E-state index in [0.29, 0.717) is 17.8 Å². The average Bonchev–Trinajstić information content (AvgIpc) is 3.41. The summed E-state index contributed by atoms with van der Waals surface area (Å²) in [7, 11) is 0. The quantitative estimate of drug-likeness (QED) is 0.164. The standard InChI is InChI=1S/C68H56N2/c1-41-25-27-49(45-17-9-5-10-18-45)37-61(41)69-59-31-29-51-36-58-56-34-44(4)54(48-23-15-8-16-24-48)40-64(56)70(62-38-50(28-26-42(62)2)46-19-11-6-12-20-46)60-32-30-52-35-57(67(59)65(51)66(52)68(58)60)55-33-43(3)53(39-63(55)69)47-21-13-7-14-22-47/h5-15,17-23,25-31,33-40,43-44,53-54,60H,16,24,32H2,1-4H3/t43?,44-,53?,54+,60?/m1/s1. The number of hydrogen-bond acceptors (Lipinski definition) is 2. The summed E-state index contributed by atoms with van der Waals surface area (Å²) >= 11 is 0. The lowest BCUT2D eigenvalue weighted by atomic mass is 9.70. The third-order valence-electron chi connectivity index (χ3n) is 16.7. The van der Waals surface area contributed by atoms with Crippen molar-refractivity contribution in [2.45, 2.75) is 58.9 Å². The number of fused-ring (bicyclic) bond motifs is 4. The van der Waals surface area contributed by atoms with Crippen LogP contribution in [0.15, 0.2) is 211 Å². The zero-order valence-electron chi connectivity index (χ0n) is 40.5. The minimum absolute atomic E-state index is 0.131. The molecule has 0 N–H and O–H groups in total. The molecule has 0 radical (unpaired) electrons. The molecule has 2 nitrogen and oxygen atoms in total. The SMILES string of the molecule is Cc1ccc(-c2ccccc2)cc1N1C2=CC(c3ccccc3)C(C)C=C2c2cc3c4c5c(cc6ccc1c2c64)C1=C[C@@H](C)[C@@H](C2=CC=CCC2)C=C1N(c1cc(-c2ccccc2)ccc1C)C5CC=3. The Hall–Kier alpha value is -7.68. The molecule has 0 amide bonds. The lowest BCUT2D eigenvalue weighted by Crippen LogP contribution is -2.38. The van der Waals surface area contributed by atoms with Crippen LogP contribution < -0.4 is 15.0 Å². The van der Waals surface area contributed by atoms with Crippen LogP contribution in [-0.4, -0.2) is 0 Å². The summed E-state index contributed by atoms with van der Waals surface area (Å²) < 4.78 is 0. The molecular weight excluding hydrogens is 845 g/mol. The van der Waals surface area contributed by atoms with Crippen molar-refractivity contribution in [1.82, 2.24) is 0 Å². The number of rotatable bonds is 6. The van der Waals surface area contributed by atoms with Crippen molar-refractivity contribution in [3.8, 4) is 22.3 Å². The molecule has 8 aromatic carbocycles. The Bertz CT molecular complexity index is 3750. The van der Waals surface area contributed by atoms with Gasteiger partial charge < -0.3 is 9.80 Å². The lowest BCUT2D eigenvalue weighted by Gasteiger charge is -2.47. The molecule has 14 rings (SSSR count). The minimum Gasteiger partial charge on any atom is -0.333 e. The smallest absolute Gasteiger partial charge is 0.0638 e. The summed E-state index contributed by atoms with van der Waals surface area (Å²) in [4.78, 5) is 5.41. The van der Waals surface area contributed by atoms with Gasteiger partial charge in [0.2, 0.25) is 0 Å². The molecule has 0 fully saturated rings. The van der Waals surface area contributed by atoms with Gasteiger partial charge in [0.1, 0.15) is 0 Å². The van der Waals surface area contributed by atoms with Crippen LogP contribution in [0.3, 0.4) is 0 Å². The molecule has 338 valence electrons. The van der Waals surface area contributed by atoms with E-state index < -0.39 is 0 Å². The predicted molar refractivity (Wildman–Crippen MR) is 296 cm³/mol. The second-order valence-electron chi connectivity index (χ2n) is 20.8. The van der Waals surface area contributed by atoms with Gasteiger partial charge in [-0.1, -0.05) is 189 Å². The van der Waals surface area contributed by atoms with E-state index in [9.17, 15) is 0 Å². The molecule has 4 aliphatic carbocycles. The van der Waals surface area contributed by atoms with E-state index in [1.54, 1.807) is 5.57 Å². The summed E-state index contributed by atoms with van der Waals surface area (Å²) in [6.45, 7) is 9.47. The number of benzene rings is 8. The number of aryl methyl sites for hydroxylation is 2. The first-order valence-corrected chi connectivity index (χ1v) is 25.6. The number of anilines is 3. The predicted octanol–water partition coefficient (Wildman–Crippen LogP) is 17.1. The molecule has 8 aromatic rings. The summed E-state index contributed by atoms with van der Waals surface area (Å²) in [6, 6.07) is 57.4. The Balaban J connectivity index is 1.04. The average molecular weight is 901 g/mol. The Kier molecular flexibility index (Phi) is 9.40. The second-order valence-corrected chi connectivity index (χ2v) is 20.8. The van der Waals surface area contributed by atoms with Gasteiger partial charge in [0.05, 0.1) is 17.4 Å². The van der Waals surface area contributed by atoms with Crippen molar-refractivity contribution in [2.24, 2.45) is 17.8 Å². The lowest BCUT2D eigenvalue weighted by molar-refractivity contribution is 0.546. The molecule has 0 bridgehead atoms. The van der Waals surface area contributed by atoms with Crippen LogP contribution in [0.1, 0.15) is 78.5 Å². The van der Waals surface area contributed by atoms with Crippen molar-refractivity contribution in [1.29, 1.82) is 0 Å². The molecule has 6 aliphatic rings. The van der Waals surface area contributed by atoms with Crippen LogP contribution >= 0.6 is 0 Å². The highest BCUT2D eigenvalue weighted by molar-refractivity contribution is 6.24. The number of hydrogen-bond donors (Lipinski definition) is 0. The zero-order valence-corrected chi connectivity index (χ0v) is 40.5. The molecule has 0 saturated heterocycles. The van der Waals surface area contributed by atoms with Gasteiger partial charge in [-0.05, 0) is 152 Å². The van der Waals surface area contributed by atoms with E-state index in [1.165, 1.54) is 122 Å². The molecule has 70 heavy (non-hydrogen) atoms. The van der Waals surface area contributed by atoms with Crippen molar-refractivity contribution in [2.75, 3.05) is 9.80 Å². The molecule has 2 heterocycles. The molecule has 0 aromatic heterocycles. The fourth-order valence-electron chi connectivity index (χ4n) is 13.3. The van der Waals surface area contributed by atoms with Crippen LogP contribution in [0.25, 0.3) is 61.0 Å². The first-order valence-electron chi connectivity index (χ1n) is 25.6. The van der Waals surface area contributed by atoms with Crippen LogP contribution in [0.5, 0.6) is 0 Å². The Morgan fingerprint density at radius 2 is 1.16 bits per heavy atom. The first-order chi connectivity index (χ1) is 34.4. The van der Waals surface area contributed by atoms with E-state index in [2.05, 4.69) is 238 Å². The first kappa shape index (κ1) is 41.3. The largest absolute Gasteiger partial charge is 0.333 e. The highest BCUT2D eigenvalue weighted by Crippen LogP contribution is 2.58. The van der Waals surface area contributed by atoms with E-state index in [1.807, 2.05) is 0 Å². The molecule has 0 spiro atoms. The summed E-state index contributed by atoms with van der Waals surface area (Å²) in [6.07, 6.45) is 23.3. The zero-order chi connectivity index (χ0) is 46.8. The molecule has 0 saturated carbocycles. The van der Waals surface area contributed by atoms with Crippen LogP contribution in [-0.2, 0) is 0 Å². The van der Waals surface area contributed by atoms with Gasteiger partial charge in [-0.3, -0.25) is 0 Å². The maximum atomic E-state index is 2.78. The maximum Gasteiger partial charge on any atom is 0.0638 e. The van der Waals surface area contributed by atoms with Gasteiger partial charge in [0, 0.05) is 45.4 Å². The molecule has 2 heteroatoms. The van der Waals surface area contributed by atoms with Crippen LogP contribution in [0.4, 0.5) is 17.1 Å². The topological polar surface area (TPSA) is 6.48 Å². The van der Waals surface area contributed by atoms with E-state index in [-0.39, 0.29) is 12.0 Å². The fraction of sp³-hybridized carbons (Fsp3) is 0.176. The second kappa shape index (κ2) is 15.9. The Morgan fingerprint density at radius 1 is 0.514 bits per heavy atom. The minimum atomic E-state index is 0.131. The summed E-state index contributed by atoms with van der Waals surface area (Å²) in [5, 5.41) is 6.88.